The number of benzene rings is 1. The van der Waals surface area contributed by atoms with E-state index in [-0.39, 0.29) is 24.0 Å². The number of rotatable bonds is 5. The van der Waals surface area contributed by atoms with E-state index in [2.05, 4.69) is 26.9 Å². The Morgan fingerprint density at radius 2 is 1.92 bits per heavy atom. The molecule has 39 heavy (non-hydrogen) atoms. The van der Waals surface area contributed by atoms with E-state index in [0.717, 1.165) is 36.7 Å². The number of halogens is 4. The molecule has 0 amide bonds. The number of nitrogens with zero attached hydrogens (tertiary/aromatic N) is 5. The molecule has 0 radical (unpaired) electrons. The summed E-state index contributed by atoms with van der Waals surface area (Å²) in [5, 5.41) is 3.17. The first-order chi connectivity index (χ1) is 18.7. The summed E-state index contributed by atoms with van der Waals surface area (Å²) in [6, 6.07) is 6.61. The van der Waals surface area contributed by atoms with Gasteiger partial charge in [0.2, 0.25) is 5.95 Å². The fraction of sp³-hybridized carbons (Fsp3) is 0.407. The van der Waals surface area contributed by atoms with Crippen LogP contribution in [-0.2, 0) is 23.8 Å². The summed E-state index contributed by atoms with van der Waals surface area (Å²) in [6.07, 6.45) is -0.450. The van der Waals surface area contributed by atoms with Crippen LogP contribution in [0, 0.1) is 5.82 Å². The number of hydrogen-bond donors (Lipinski definition) is 1. The number of carbonyl (C=O) groups excluding carboxylic acids is 1. The lowest BCUT2D eigenvalue weighted by Crippen LogP contribution is -2.29. The van der Waals surface area contributed by atoms with Crippen molar-refractivity contribution in [1.29, 1.82) is 0 Å². The number of alkyl halides is 3. The highest BCUT2D eigenvalue weighted by molar-refractivity contribution is 5.90. The number of pyridine rings is 1. The topological polar surface area (TPSA) is 83.5 Å². The fourth-order valence-corrected chi connectivity index (χ4v) is 5.14. The van der Waals surface area contributed by atoms with Crippen LogP contribution < -0.4 is 15.1 Å². The molecule has 1 unspecified atom stereocenters. The molecule has 206 valence electrons. The lowest BCUT2D eigenvalue weighted by Gasteiger charge is -2.24. The second kappa shape index (κ2) is 10.7. The molecule has 1 aromatic carbocycles. The van der Waals surface area contributed by atoms with Crippen LogP contribution in [0.5, 0.6) is 0 Å². The maximum Gasteiger partial charge on any atom is 0.419 e. The highest BCUT2D eigenvalue weighted by Crippen LogP contribution is 2.37. The van der Waals surface area contributed by atoms with Gasteiger partial charge in [-0.2, -0.15) is 18.2 Å². The standard InChI is InChI=1S/C27H28F4N6O2/c1-16-5-4-12-37(16)26-34-22-10-14-36(24-20(27(29,30)31)6-3-11-32-24)13-9-19(22)23(35-26)33-17-7-8-18(21(28)15-17)25(38)39-2/h3,6-8,11,15-16H,4-5,9-10,12-14H2,1-2H3,(H,33,34,35). The van der Waals surface area contributed by atoms with Gasteiger partial charge < -0.3 is 19.9 Å². The second-order valence-corrected chi connectivity index (χ2v) is 9.65. The Balaban J connectivity index is 1.50. The van der Waals surface area contributed by atoms with Gasteiger partial charge in [0.25, 0.3) is 0 Å². The van der Waals surface area contributed by atoms with Crippen molar-refractivity contribution in [3.8, 4) is 0 Å². The molecule has 4 heterocycles. The molecule has 1 saturated heterocycles. The van der Waals surface area contributed by atoms with E-state index in [1.54, 1.807) is 11.0 Å². The molecule has 0 aliphatic carbocycles. The lowest BCUT2D eigenvalue weighted by atomic mass is 10.1. The van der Waals surface area contributed by atoms with E-state index in [9.17, 15) is 22.4 Å². The Labute approximate surface area is 223 Å². The maximum absolute atomic E-state index is 14.7. The highest BCUT2D eigenvalue weighted by Gasteiger charge is 2.36. The van der Waals surface area contributed by atoms with Crippen molar-refractivity contribution in [3.63, 3.8) is 0 Å². The van der Waals surface area contributed by atoms with E-state index in [1.807, 2.05) is 0 Å². The van der Waals surface area contributed by atoms with Crippen molar-refractivity contribution in [1.82, 2.24) is 15.0 Å². The van der Waals surface area contributed by atoms with Crippen molar-refractivity contribution in [2.75, 3.05) is 41.9 Å². The number of anilines is 4. The van der Waals surface area contributed by atoms with Gasteiger partial charge in [-0.3, -0.25) is 0 Å². The molecule has 0 spiro atoms. The van der Waals surface area contributed by atoms with Gasteiger partial charge in [0.15, 0.2) is 0 Å². The largest absolute Gasteiger partial charge is 0.465 e. The second-order valence-electron chi connectivity index (χ2n) is 9.65. The number of carbonyl (C=O) groups is 1. The average Bonchev–Trinajstić information content (AvgIpc) is 3.22. The van der Waals surface area contributed by atoms with Gasteiger partial charge in [-0.1, -0.05) is 0 Å². The molecule has 2 aromatic heterocycles. The van der Waals surface area contributed by atoms with Gasteiger partial charge in [0.1, 0.15) is 17.5 Å². The van der Waals surface area contributed by atoms with E-state index >= 15 is 0 Å². The van der Waals surface area contributed by atoms with Crippen LogP contribution in [0.2, 0.25) is 0 Å². The SMILES string of the molecule is COC(=O)c1ccc(Nc2nc(N3CCCC3C)nc3c2CCN(c2ncccc2C(F)(F)F)CC3)cc1F. The summed E-state index contributed by atoms with van der Waals surface area (Å²) >= 11 is 0. The Kier molecular flexibility index (Phi) is 7.28. The summed E-state index contributed by atoms with van der Waals surface area (Å²) in [6.45, 7) is 3.44. The Morgan fingerprint density at radius 3 is 2.62 bits per heavy atom. The zero-order valence-electron chi connectivity index (χ0n) is 21.6. The zero-order valence-corrected chi connectivity index (χ0v) is 21.6. The Bertz CT molecular complexity index is 1380. The molecule has 0 bridgehead atoms. The Hall–Kier alpha value is -3.96. The van der Waals surface area contributed by atoms with Gasteiger partial charge in [0, 0.05) is 49.5 Å². The first-order valence-electron chi connectivity index (χ1n) is 12.7. The number of ether oxygens (including phenoxy) is 1. The summed E-state index contributed by atoms with van der Waals surface area (Å²) in [5.41, 5.74) is 0.859. The number of aromatic nitrogens is 3. The van der Waals surface area contributed by atoms with Gasteiger partial charge in [-0.25, -0.2) is 19.2 Å². The number of esters is 1. The minimum atomic E-state index is -4.53. The van der Waals surface area contributed by atoms with E-state index in [4.69, 9.17) is 9.97 Å². The van der Waals surface area contributed by atoms with E-state index in [1.165, 1.54) is 31.5 Å². The van der Waals surface area contributed by atoms with Crippen molar-refractivity contribution in [2.45, 2.75) is 44.8 Å². The molecule has 12 heteroatoms. The third-order valence-electron chi connectivity index (χ3n) is 7.17. The first kappa shape index (κ1) is 26.6. The summed E-state index contributed by atoms with van der Waals surface area (Å²) in [7, 11) is 1.18. The predicted molar refractivity (Wildman–Crippen MR) is 138 cm³/mol. The van der Waals surface area contributed by atoms with Crippen LogP contribution in [0.1, 0.15) is 46.9 Å². The third kappa shape index (κ3) is 5.45. The van der Waals surface area contributed by atoms with Crippen LogP contribution in [0.25, 0.3) is 0 Å². The van der Waals surface area contributed by atoms with Crippen molar-refractivity contribution in [3.05, 3.63) is 64.7 Å². The summed E-state index contributed by atoms with van der Waals surface area (Å²) in [5.74, 6) is -0.669. The molecule has 0 saturated carbocycles. The number of fused-ring (bicyclic) bond motifs is 1. The maximum atomic E-state index is 14.7. The molecule has 3 aromatic rings. The van der Waals surface area contributed by atoms with Crippen molar-refractivity contribution in [2.24, 2.45) is 0 Å². The summed E-state index contributed by atoms with van der Waals surface area (Å²) in [4.78, 5) is 29.2. The van der Waals surface area contributed by atoms with Crippen LogP contribution in [0.4, 0.5) is 40.8 Å². The average molecular weight is 545 g/mol. The van der Waals surface area contributed by atoms with Crippen LogP contribution >= 0.6 is 0 Å². The van der Waals surface area contributed by atoms with Crippen molar-refractivity contribution >= 4 is 29.2 Å². The highest BCUT2D eigenvalue weighted by atomic mass is 19.4. The van der Waals surface area contributed by atoms with E-state index < -0.39 is 23.5 Å². The minimum Gasteiger partial charge on any atom is -0.465 e. The quantitative estimate of drug-likeness (QED) is 0.349. The number of nitrogens with one attached hydrogen (secondary N) is 1. The monoisotopic (exact) mass is 544 g/mol. The molecular weight excluding hydrogens is 516 g/mol. The molecule has 1 N–H and O–H groups in total. The van der Waals surface area contributed by atoms with Gasteiger partial charge >= 0.3 is 12.1 Å². The summed E-state index contributed by atoms with van der Waals surface area (Å²) < 4.78 is 60.4. The molecule has 5 rings (SSSR count). The van der Waals surface area contributed by atoms with Gasteiger partial charge in [-0.05, 0) is 56.5 Å². The smallest absolute Gasteiger partial charge is 0.419 e. The Morgan fingerprint density at radius 1 is 1.13 bits per heavy atom. The minimum absolute atomic E-state index is 0.117. The predicted octanol–water partition coefficient (Wildman–Crippen LogP) is 5.15. The van der Waals surface area contributed by atoms with E-state index in [0.29, 0.717) is 36.8 Å². The van der Waals surface area contributed by atoms with Gasteiger partial charge in [0.05, 0.1) is 23.9 Å². The molecule has 1 atom stereocenters. The fourth-order valence-electron chi connectivity index (χ4n) is 5.14. The van der Waals surface area contributed by atoms with Crippen LogP contribution in [0.15, 0.2) is 36.5 Å². The zero-order chi connectivity index (χ0) is 27.7. The molecule has 2 aliphatic rings. The first-order valence-corrected chi connectivity index (χ1v) is 12.7. The van der Waals surface area contributed by atoms with Crippen LogP contribution in [0.3, 0.4) is 0 Å². The molecule has 2 aliphatic heterocycles. The van der Waals surface area contributed by atoms with Crippen LogP contribution in [-0.4, -0.2) is 53.7 Å². The third-order valence-corrected chi connectivity index (χ3v) is 7.17. The molecule has 8 nitrogen and oxygen atoms in total. The number of hydrogen-bond acceptors (Lipinski definition) is 8. The van der Waals surface area contributed by atoms with Crippen molar-refractivity contribution < 1.29 is 27.1 Å². The molecular formula is C27H28F4N6O2. The van der Waals surface area contributed by atoms with Gasteiger partial charge in [-0.15, -0.1) is 0 Å². The number of methoxy groups -OCH3 is 1. The normalized spacial score (nSPS) is 17.5. The lowest BCUT2D eigenvalue weighted by molar-refractivity contribution is -0.137. The molecule has 1 fully saturated rings.